The van der Waals surface area contributed by atoms with Gasteiger partial charge in [-0.05, 0) is 134 Å². The van der Waals surface area contributed by atoms with Crippen molar-refractivity contribution in [1.82, 2.24) is 29.6 Å². The zero-order chi connectivity index (χ0) is 68.4. The van der Waals surface area contributed by atoms with Gasteiger partial charge in [0.1, 0.15) is 10.9 Å². The number of rotatable bonds is 28. The molecule has 10 rings (SSSR count). The van der Waals surface area contributed by atoms with E-state index in [1.807, 2.05) is 47.2 Å². The van der Waals surface area contributed by atoms with Crippen molar-refractivity contribution in [3.63, 3.8) is 0 Å². The number of piperidine rings is 1. The highest BCUT2D eigenvalue weighted by atomic mass is 35.5. The molecule has 5 amide bonds. The van der Waals surface area contributed by atoms with Gasteiger partial charge in [-0.2, -0.15) is 13.2 Å². The molecule has 0 aromatic heterocycles. The molecule has 0 radical (unpaired) electrons. The number of ether oxygens (including phenoxy) is 2. The molecule has 0 saturated carbocycles. The average Bonchev–Trinajstić information content (AvgIpc) is 1.64. The first-order valence-electron chi connectivity index (χ1n) is 32.1. The molecular weight excluding hydrogens is 1340 g/mol. The van der Waals surface area contributed by atoms with Crippen LogP contribution in [0.2, 0.25) is 5.02 Å². The summed E-state index contributed by atoms with van der Waals surface area (Å²) in [4.78, 5) is 73.6. The van der Waals surface area contributed by atoms with Crippen LogP contribution >= 0.6 is 35.6 Å². The number of sulfone groups is 1. The number of hydrogen-bond donors (Lipinski definition) is 4. The number of allylic oxidation sites excluding steroid dienone is 1. The summed E-state index contributed by atoms with van der Waals surface area (Å²) in [6.07, 6.45) is 4.83. The number of piperazine rings is 2. The number of alkyl halides is 3. The highest BCUT2D eigenvalue weighted by molar-refractivity contribution is 7.99. The zero-order valence-corrected chi connectivity index (χ0v) is 57.5. The lowest BCUT2D eigenvalue weighted by Crippen LogP contribution is -2.54. The van der Waals surface area contributed by atoms with Gasteiger partial charge in [-0.1, -0.05) is 79.6 Å². The molecule has 1 unspecified atom stereocenters. The lowest BCUT2D eigenvalue weighted by molar-refractivity contribution is -0.136. The molecule has 96 heavy (non-hydrogen) atoms. The fourth-order valence-electron chi connectivity index (χ4n) is 12.6. The maximum absolute atomic E-state index is 14.5. The Morgan fingerprint density at radius 3 is 2.19 bits per heavy atom. The first-order valence-corrected chi connectivity index (χ1v) is 36.8. The molecule has 4 aliphatic heterocycles. The third-order valence-electron chi connectivity index (χ3n) is 17.9. The summed E-state index contributed by atoms with van der Waals surface area (Å²) in [7, 11) is -11.1. The van der Waals surface area contributed by atoms with Crippen molar-refractivity contribution >= 4 is 113 Å². The van der Waals surface area contributed by atoms with Gasteiger partial charge in [0.25, 0.3) is 37.6 Å². The largest absolute Gasteiger partial charge is 0.501 e. The van der Waals surface area contributed by atoms with E-state index in [2.05, 4.69) is 61.5 Å². The van der Waals surface area contributed by atoms with Crippen LogP contribution in [0.3, 0.4) is 0 Å². The number of fused-ring (bicyclic) bond motifs is 1. The summed E-state index contributed by atoms with van der Waals surface area (Å²) < 4.78 is 111. The van der Waals surface area contributed by atoms with Crippen LogP contribution in [0.25, 0.3) is 5.57 Å². The molecule has 5 aromatic rings. The Labute approximate surface area is 573 Å². The number of anilines is 3. The van der Waals surface area contributed by atoms with E-state index < -0.39 is 82.5 Å². The zero-order valence-electron chi connectivity index (χ0n) is 53.5. The summed E-state index contributed by atoms with van der Waals surface area (Å²) in [5, 5.41) is 9.08. The van der Waals surface area contributed by atoms with Crippen LogP contribution in [-0.4, -0.2) is 193 Å². The maximum atomic E-state index is 14.5. The van der Waals surface area contributed by atoms with Crippen molar-refractivity contribution in [1.29, 1.82) is 0 Å². The number of hydrogen-bond acceptors (Lipinski definition) is 18. The van der Waals surface area contributed by atoms with Crippen LogP contribution in [0.5, 0.6) is 0 Å². The standard InChI is InChI=1S/C68H79ClF3N9O11S4/c1-67(2)27-25-54(46-13-17-49(69)18-14-46)48(43-67)44-78-32-34-79(35-33-78)51-19-15-47(16-20-51)63(83)76-96(89,90)53-21-22-56(59(42-53)95(87,88)68(70,71)72)74-50(45-94-52-8-4-3-5-9-52)26-29-77-30-36-80(37-31-77)61(93)12-7-38-91-40-41-92-39-28-73-57-11-6-10-55-62(57)66(86)81(65(55)85)58-23-24-60(82)75-64(58)84/h3-6,8-11,13-22,42,50,58,73-74H,7,12,23-41,43-45H2,1-2H3,(H,76,83)(H,75,82,84)/t50-,58?/m1/s1. The SMILES string of the molecule is CC1(C)CCC(c2ccc(Cl)cc2)=C(CN2CCN(c3ccc(C(=O)NS(=O)(=O)c4ccc(N[C@H](CCN5CCN(C(=S)CCCOCCOCCNc6cccc7c6C(=O)N(C6CCC(=O)NC6=O)C7=O)CC5)CSc5ccccc5)c(S(=O)(=O)C(F)(F)F)c4)cc3)CC2)C1. The van der Waals surface area contributed by atoms with Gasteiger partial charge in [0.2, 0.25) is 11.8 Å². The van der Waals surface area contributed by atoms with Crippen LogP contribution in [-0.2, 0) is 38.9 Å². The van der Waals surface area contributed by atoms with Crippen LogP contribution in [0.4, 0.5) is 30.2 Å². The second-order valence-electron chi connectivity index (χ2n) is 25.2. The minimum absolute atomic E-state index is 0.0244. The van der Waals surface area contributed by atoms with Crippen molar-refractivity contribution in [3.05, 3.63) is 148 Å². The Morgan fingerprint density at radius 1 is 0.792 bits per heavy atom. The van der Waals surface area contributed by atoms with Gasteiger partial charge >= 0.3 is 5.51 Å². The van der Waals surface area contributed by atoms with E-state index in [9.17, 15) is 54.0 Å². The molecule has 1 aliphatic carbocycles. The molecule has 2 atom stereocenters. The first-order chi connectivity index (χ1) is 45.8. The van der Waals surface area contributed by atoms with Crippen LogP contribution in [0.15, 0.2) is 136 Å². The van der Waals surface area contributed by atoms with Gasteiger partial charge in [-0.3, -0.25) is 44.0 Å². The Hall–Kier alpha value is -6.95. The number of nitrogens with zero attached hydrogens (tertiary/aromatic N) is 5. The van der Waals surface area contributed by atoms with E-state index in [1.54, 1.807) is 24.3 Å². The number of carbonyl (C=O) groups excluding carboxylic acids is 5. The molecular formula is C68H79ClF3N9O11S4. The summed E-state index contributed by atoms with van der Waals surface area (Å²) in [6, 6.07) is 29.3. The second-order valence-corrected chi connectivity index (χ2v) is 30.8. The van der Waals surface area contributed by atoms with Gasteiger partial charge in [0.05, 0.1) is 46.5 Å². The third-order valence-corrected chi connectivity index (χ3v) is 22.6. The molecule has 3 saturated heterocycles. The lowest BCUT2D eigenvalue weighted by Gasteiger charge is -2.39. The maximum Gasteiger partial charge on any atom is 0.501 e. The van der Waals surface area contributed by atoms with Crippen LogP contribution < -0.4 is 25.6 Å². The Bertz CT molecular complexity index is 3930. The predicted octanol–water partition coefficient (Wildman–Crippen LogP) is 9.77. The van der Waals surface area contributed by atoms with Crippen molar-refractivity contribution in [3.8, 4) is 0 Å². The highest BCUT2D eigenvalue weighted by Crippen LogP contribution is 2.43. The van der Waals surface area contributed by atoms with E-state index >= 15 is 0 Å². The Kier molecular flexibility index (Phi) is 23.7. The molecule has 0 bridgehead atoms. The highest BCUT2D eigenvalue weighted by Gasteiger charge is 2.49. The Balaban J connectivity index is 0.675. The number of thioether (sulfide) groups is 1. The van der Waals surface area contributed by atoms with E-state index in [-0.39, 0.29) is 41.6 Å². The minimum atomic E-state index is -6.15. The van der Waals surface area contributed by atoms with E-state index in [4.69, 9.17) is 33.3 Å². The van der Waals surface area contributed by atoms with Crippen molar-refractivity contribution in [2.45, 2.75) is 97.5 Å². The topological polar surface area (TPSA) is 236 Å². The Morgan fingerprint density at radius 2 is 1.49 bits per heavy atom. The predicted molar refractivity (Wildman–Crippen MR) is 368 cm³/mol. The molecule has 20 nitrogen and oxygen atoms in total. The molecule has 3 fully saturated rings. The molecule has 514 valence electrons. The summed E-state index contributed by atoms with van der Waals surface area (Å²) in [5.74, 6) is -3.07. The van der Waals surface area contributed by atoms with Gasteiger partial charge in [0.15, 0.2) is 0 Å². The molecule has 28 heteroatoms. The number of benzene rings is 5. The molecule has 4 heterocycles. The average molecular weight is 1420 g/mol. The van der Waals surface area contributed by atoms with Gasteiger partial charge in [-0.25, -0.2) is 21.6 Å². The van der Waals surface area contributed by atoms with E-state index in [0.717, 1.165) is 71.5 Å². The minimum Gasteiger partial charge on any atom is -0.382 e. The first kappa shape index (κ1) is 71.8. The number of thiocarbonyl (C=S) groups is 1. The number of carbonyl (C=O) groups is 5. The monoisotopic (exact) mass is 1420 g/mol. The quantitative estimate of drug-likeness (QED) is 0.0158. The fourth-order valence-corrected chi connectivity index (χ4v) is 16.1. The van der Waals surface area contributed by atoms with Gasteiger partial charge in [-0.15, -0.1) is 11.8 Å². The van der Waals surface area contributed by atoms with Crippen molar-refractivity contribution in [2.75, 3.05) is 120 Å². The van der Waals surface area contributed by atoms with E-state index in [0.29, 0.717) is 114 Å². The number of amides is 5. The smallest absolute Gasteiger partial charge is 0.382 e. The molecule has 4 N–H and O–H groups in total. The van der Waals surface area contributed by atoms with Gasteiger partial charge in [0, 0.05) is 130 Å². The van der Waals surface area contributed by atoms with Crippen LogP contribution in [0.1, 0.15) is 102 Å². The summed E-state index contributed by atoms with van der Waals surface area (Å²) in [5.41, 5.74) is -0.473. The van der Waals surface area contributed by atoms with Crippen molar-refractivity contribution < 1.29 is 63.5 Å². The van der Waals surface area contributed by atoms with Gasteiger partial charge < -0.3 is 29.9 Å². The lowest BCUT2D eigenvalue weighted by atomic mass is 9.73. The number of sulfonamides is 1. The number of halogens is 4. The third kappa shape index (κ3) is 18.0. The van der Waals surface area contributed by atoms with Crippen LogP contribution in [0, 0.1) is 5.41 Å². The molecule has 0 spiro atoms. The normalized spacial score (nSPS) is 18.5. The fraction of sp³-hybridized carbons (Fsp3) is 0.441. The second kappa shape index (κ2) is 31.7. The molecule has 5 aromatic carbocycles. The molecule has 5 aliphatic rings. The van der Waals surface area contributed by atoms with Crippen molar-refractivity contribution in [2.24, 2.45) is 5.41 Å². The summed E-state index contributed by atoms with van der Waals surface area (Å²) >= 11 is 13.4. The number of nitrogens with one attached hydrogen (secondary N) is 4. The summed E-state index contributed by atoms with van der Waals surface area (Å²) in [6.45, 7) is 13.1. The van der Waals surface area contributed by atoms with E-state index in [1.165, 1.54) is 46.7 Å². The number of imide groups is 2.